The molecule has 0 unspecified atom stereocenters. The molecule has 0 spiro atoms. The standard InChI is InChI=1S/C29H22N4/c1-32(28-13-4-6-17-30-28)23-10-8-9-21(19-23)22-15-16-25-24-11-2-3-12-26(24)33(27(25)20-22)29-14-5-7-18-31-29/h2-20H,1H3/i4D. The van der Waals surface area contributed by atoms with Crippen molar-refractivity contribution in [1.29, 1.82) is 0 Å². The Bertz CT molecular complexity index is 1640. The summed E-state index contributed by atoms with van der Waals surface area (Å²) < 4.78 is 10.1. The largest absolute Gasteiger partial charge is 0.329 e. The maximum Gasteiger partial charge on any atom is 0.137 e. The number of anilines is 2. The minimum atomic E-state index is 0.445. The van der Waals surface area contributed by atoms with E-state index in [2.05, 4.69) is 81.3 Å². The maximum atomic E-state index is 7.91. The lowest BCUT2D eigenvalue weighted by Gasteiger charge is -2.19. The number of nitrogens with zero attached hydrogens (tertiary/aromatic N) is 4. The smallest absolute Gasteiger partial charge is 0.137 e. The van der Waals surface area contributed by atoms with Gasteiger partial charge >= 0.3 is 0 Å². The van der Waals surface area contributed by atoms with Crippen molar-refractivity contribution in [3.8, 4) is 16.9 Å². The Labute approximate surface area is 193 Å². The van der Waals surface area contributed by atoms with Crippen LogP contribution in [0.3, 0.4) is 0 Å². The van der Waals surface area contributed by atoms with Crippen LogP contribution >= 0.6 is 0 Å². The Hall–Kier alpha value is -4.44. The van der Waals surface area contributed by atoms with Gasteiger partial charge in [0.25, 0.3) is 0 Å². The summed E-state index contributed by atoms with van der Waals surface area (Å²) in [6.45, 7) is 0. The van der Waals surface area contributed by atoms with Gasteiger partial charge in [-0.2, -0.15) is 0 Å². The molecule has 0 fully saturated rings. The first-order chi connectivity index (χ1) is 16.7. The fourth-order valence-electron chi connectivity index (χ4n) is 4.41. The molecule has 0 bridgehead atoms. The van der Waals surface area contributed by atoms with Gasteiger partial charge in [0.15, 0.2) is 0 Å². The predicted molar refractivity (Wildman–Crippen MR) is 136 cm³/mol. The van der Waals surface area contributed by atoms with Gasteiger partial charge in [0.05, 0.1) is 12.4 Å². The lowest BCUT2D eigenvalue weighted by Crippen LogP contribution is -2.10. The van der Waals surface area contributed by atoms with Crippen molar-refractivity contribution in [2.45, 2.75) is 0 Å². The monoisotopic (exact) mass is 427 g/mol. The molecule has 0 aliphatic rings. The summed E-state index contributed by atoms with van der Waals surface area (Å²) in [5.74, 6) is 1.65. The van der Waals surface area contributed by atoms with Crippen molar-refractivity contribution >= 4 is 33.3 Å². The Morgan fingerprint density at radius 3 is 2.39 bits per heavy atom. The Morgan fingerprint density at radius 1 is 0.697 bits per heavy atom. The quantitative estimate of drug-likeness (QED) is 0.303. The van der Waals surface area contributed by atoms with Crippen molar-refractivity contribution in [2.75, 3.05) is 11.9 Å². The SMILES string of the molecule is [2H]c1ccnc(N(C)c2cccc(-c3ccc4c5ccccc5n(-c5ccccn5)c4c3)c2)c1. The number of pyridine rings is 2. The van der Waals surface area contributed by atoms with E-state index in [0.29, 0.717) is 6.04 Å². The minimum absolute atomic E-state index is 0.445. The highest BCUT2D eigenvalue weighted by Gasteiger charge is 2.14. The third-order valence-electron chi connectivity index (χ3n) is 6.05. The summed E-state index contributed by atoms with van der Waals surface area (Å²) in [4.78, 5) is 11.1. The zero-order chi connectivity index (χ0) is 23.1. The Kier molecular flexibility index (Phi) is 4.36. The highest BCUT2D eigenvalue weighted by Crippen LogP contribution is 2.35. The molecule has 0 saturated heterocycles. The molecule has 0 N–H and O–H groups in total. The number of rotatable bonds is 4. The molecule has 4 nitrogen and oxygen atoms in total. The van der Waals surface area contributed by atoms with Crippen LogP contribution in [0.15, 0.2) is 115 Å². The van der Waals surface area contributed by atoms with Crippen molar-refractivity contribution in [1.82, 2.24) is 14.5 Å². The Morgan fingerprint density at radius 2 is 1.52 bits per heavy atom. The van der Waals surface area contributed by atoms with Crippen molar-refractivity contribution < 1.29 is 1.37 Å². The predicted octanol–water partition coefficient (Wildman–Crippen LogP) is 7.01. The molecule has 0 aliphatic heterocycles. The molecule has 3 aromatic carbocycles. The topological polar surface area (TPSA) is 34.0 Å². The average molecular weight is 428 g/mol. The van der Waals surface area contributed by atoms with Crippen LogP contribution in [0.4, 0.5) is 11.5 Å². The third kappa shape index (κ3) is 3.33. The van der Waals surface area contributed by atoms with Gasteiger partial charge in [0.1, 0.15) is 11.6 Å². The van der Waals surface area contributed by atoms with E-state index in [-0.39, 0.29) is 0 Å². The average Bonchev–Trinajstić information content (AvgIpc) is 3.22. The Balaban J connectivity index is 1.50. The molecular formula is C29H22N4. The van der Waals surface area contributed by atoms with Crippen molar-refractivity contribution in [3.63, 3.8) is 0 Å². The van der Waals surface area contributed by atoms with Crippen LogP contribution in [0.5, 0.6) is 0 Å². The van der Waals surface area contributed by atoms with Crippen molar-refractivity contribution in [3.05, 3.63) is 115 Å². The number of hydrogen-bond acceptors (Lipinski definition) is 3. The summed E-state index contributed by atoms with van der Waals surface area (Å²) in [5.41, 5.74) is 5.53. The second-order valence-corrected chi connectivity index (χ2v) is 8.00. The van der Waals surface area contributed by atoms with Gasteiger partial charge in [-0.1, -0.05) is 54.6 Å². The van der Waals surface area contributed by atoms with Gasteiger partial charge in [-0.15, -0.1) is 0 Å². The minimum Gasteiger partial charge on any atom is -0.329 e. The van der Waals surface area contributed by atoms with Gasteiger partial charge in [0.2, 0.25) is 0 Å². The van der Waals surface area contributed by atoms with Crippen LogP contribution in [0, 0.1) is 0 Å². The number of fused-ring (bicyclic) bond motifs is 3. The third-order valence-corrected chi connectivity index (χ3v) is 6.05. The summed E-state index contributed by atoms with van der Waals surface area (Å²) in [6, 6.07) is 33.4. The second kappa shape index (κ2) is 7.92. The lowest BCUT2D eigenvalue weighted by molar-refractivity contribution is 1.08. The van der Waals surface area contributed by atoms with Gasteiger partial charge in [-0.25, -0.2) is 9.97 Å². The first-order valence-corrected chi connectivity index (χ1v) is 10.9. The summed E-state index contributed by atoms with van der Waals surface area (Å²) in [6.07, 6.45) is 3.50. The van der Waals surface area contributed by atoms with Gasteiger partial charge in [-0.05, 0) is 59.7 Å². The fraction of sp³-hybridized carbons (Fsp3) is 0.0345. The molecule has 0 atom stereocenters. The number of para-hydroxylation sites is 1. The van der Waals surface area contributed by atoms with Crippen LogP contribution in [0.2, 0.25) is 0 Å². The molecular weight excluding hydrogens is 404 g/mol. The molecule has 6 aromatic rings. The molecule has 0 saturated carbocycles. The highest BCUT2D eigenvalue weighted by molar-refractivity contribution is 6.10. The molecule has 3 heterocycles. The van der Waals surface area contributed by atoms with E-state index >= 15 is 0 Å². The highest BCUT2D eigenvalue weighted by atomic mass is 15.2. The second-order valence-electron chi connectivity index (χ2n) is 8.00. The number of benzene rings is 3. The molecule has 0 amide bonds. The van der Waals surface area contributed by atoms with Crippen LogP contribution in [-0.2, 0) is 0 Å². The lowest BCUT2D eigenvalue weighted by atomic mass is 10.0. The molecule has 0 radical (unpaired) electrons. The van der Waals surface area contributed by atoms with Gasteiger partial charge in [0, 0.05) is 35.9 Å². The van der Waals surface area contributed by atoms with E-state index in [4.69, 9.17) is 1.37 Å². The first kappa shape index (κ1) is 18.2. The number of hydrogen-bond donors (Lipinski definition) is 0. The van der Waals surface area contributed by atoms with Crippen LogP contribution < -0.4 is 4.90 Å². The van der Waals surface area contributed by atoms with E-state index in [9.17, 15) is 0 Å². The molecule has 6 rings (SSSR count). The summed E-state index contributed by atoms with van der Waals surface area (Å²) >= 11 is 0. The van der Waals surface area contributed by atoms with E-state index < -0.39 is 0 Å². The molecule has 158 valence electrons. The van der Waals surface area contributed by atoms with E-state index in [1.807, 2.05) is 36.3 Å². The van der Waals surface area contributed by atoms with Crippen molar-refractivity contribution in [2.24, 2.45) is 0 Å². The van der Waals surface area contributed by atoms with E-state index in [0.717, 1.165) is 39.5 Å². The number of aromatic nitrogens is 3. The van der Waals surface area contributed by atoms with Crippen LogP contribution in [0.25, 0.3) is 38.8 Å². The van der Waals surface area contributed by atoms with Crippen LogP contribution in [0.1, 0.15) is 1.37 Å². The van der Waals surface area contributed by atoms with Gasteiger partial charge < -0.3 is 4.90 Å². The molecule has 0 aliphatic carbocycles. The van der Waals surface area contributed by atoms with Crippen LogP contribution in [-0.4, -0.2) is 21.6 Å². The summed E-state index contributed by atoms with van der Waals surface area (Å²) in [5, 5.41) is 2.42. The summed E-state index contributed by atoms with van der Waals surface area (Å²) in [7, 11) is 1.98. The van der Waals surface area contributed by atoms with Gasteiger partial charge in [-0.3, -0.25) is 4.57 Å². The first-order valence-electron chi connectivity index (χ1n) is 11.4. The maximum absolute atomic E-state index is 7.91. The zero-order valence-corrected chi connectivity index (χ0v) is 18.2. The molecule has 3 aromatic heterocycles. The fourth-order valence-corrected chi connectivity index (χ4v) is 4.41. The molecule has 33 heavy (non-hydrogen) atoms. The van der Waals surface area contributed by atoms with E-state index in [1.165, 1.54) is 10.8 Å². The normalized spacial score (nSPS) is 11.6. The van der Waals surface area contributed by atoms with E-state index in [1.54, 1.807) is 18.3 Å². The molecule has 4 heteroatoms. The zero-order valence-electron chi connectivity index (χ0n) is 19.2.